The molecule has 0 aliphatic carbocycles. The highest BCUT2D eigenvalue weighted by Crippen LogP contribution is 2.32. The Labute approximate surface area is 97.8 Å². The van der Waals surface area contributed by atoms with Gasteiger partial charge in [-0.25, -0.2) is 4.98 Å². The third-order valence-corrected chi connectivity index (χ3v) is 3.12. The van der Waals surface area contributed by atoms with Crippen molar-refractivity contribution in [1.29, 1.82) is 0 Å². The number of amides is 1. The van der Waals surface area contributed by atoms with Crippen LogP contribution in [-0.2, 0) is 4.79 Å². The van der Waals surface area contributed by atoms with Gasteiger partial charge in [0.25, 0.3) is 0 Å². The average Bonchev–Trinajstić information content (AvgIpc) is 2.29. The van der Waals surface area contributed by atoms with E-state index < -0.39 is 0 Å². The first-order valence-corrected chi connectivity index (χ1v) is 5.57. The zero-order chi connectivity index (χ0) is 11.1. The number of rotatable bonds is 0. The Kier molecular flexibility index (Phi) is 2.22. The van der Waals surface area contributed by atoms with Crippen LogP contribution in [0.15, 0.2) is 12.3 Å². The van der Waals surface area contributed by atoms with E-state index in [0.717, 1.165) is 18.9 Å². The van der Waals surface area contributed by atoms with Crippen molar-refractivity contribution in [2.75, 3.05) is 29.9 Å². The van der Waals surface area contributed by atoms with Gasteiger partial charge in [-0.05, 0) is 6.07 Å². The largest absolute Gasteiger partial charge is 0.340 e. The minimum Gasteiger partial charge on any atom is -0.340 e. The predicted molar refractivity (Wildman–Crippen MR) is 61.9 cm³/mol. The molecular formula is C10H11ClN4O. The van der Waals surface area contributed by atoms with Gasteiger partial charge >= 0.3 is 0 Å². The summed E-state index contributed by atoms with van der Waals surface area (Å²) in [5.41, 5.74) is 0.704. The Morgan fingerprint density at radius 3 is 3.31 bits per heavy atom. The number of nitrogens with one attached hydrogen (secondary N) is 2. The maximum atomic E-state index is 11.8. The third-order valence-electron chi connectivity index (χ3n) is 2.91. The van der Waals surface area contributed by atoms with Crippen molar-refractivity contribution < 1.29 is 4.79 Å². The minimum absolute atomic E-state index is 0.00349. The summed E-state index contributed by atoms with van der Waals surface area (Å²) in [7, 11) is 0. The lowest BCUT2D eigenvalue weighted by Gasteiger charge is -2.40. The van der Waals surface area contributed by atoms with Crippen LogP contribution in [0.3, 0.4) is 0 Å². The van der Waals surface area contributed by atoms with Gasteiger partial charge in [0.1, 0.15) is 6.04 Å². The van der Waals surface area contributed by atoms with Crippen LogP contribution in [-0.4, -0.2) is 36.6 Å². The highest BCUT2D eigenvalue weighted by molar-refractivity contribution is 6.31. The fourth-order valence-electron chi connectivity index (χ4n) is 2.16. The van der Waals surface area contributed by atoms with Gasteiger partial charge < -0.3 is 15.5 Å². The summed E-state index contributed by atoms with van der Waals surface area (Å²) < 4.78 is 0. The number of hydrogen-bond acceptors (Lipinski definition) is 4. The van der Waals surface area contributed by atoms with Crippen LogP contribution in [0, 0.1) is 0 Å². The van der Waals surface area contributed by atoms with Crippen molar-refractivity contribution in [1.82, 2.24) is 10.3 Å². The second-order valence-electron chi connectivity index (χ2n) is 3.93. The van der Waals surface area contributed by atoms with Gasteiger partial charge in [0.2, 0.25) is 5.91 Å². The van der Waals surface area contributed by atoms with Gasteiger partial charge in [0, 0.05) is 25.8 Å². The summed E-state index contributed by atoms with van der Waals surface area (Å²) >= 11 is 5.85. The van der Waals surface area contributed by atoms with Crippen molar-refractivity contribution in [2.24, 2.45) is 0 Å². The topological polar surface area (TPSA) is 57.3 Å². The standard InChI is InChI=1S/C10H11ClN4O/c11-6-3-7-9(13-4-6)15-2-1-12-5-8(15)10(16)14-7/h3-4,8,12H,1-2,5H2,(H,14,16). The Balaban J connectivity index is 2.06. The number of halogens is 1. The second kappa shape index (κ2) is 3.61. The van der Waals surface area contributed by atoms with Crippen molar-refractivity contribution in [3.8, 4) is 0 Å². The third kappa shape index (κ3) is 1.44. The molecule has 1 fully saturated rings. The quantitative estimate of drug-likeness (QED) is 0.690. The predicted octanol–water partition coefficient (Wildman–Crippen LogP) is 0.465. The van der Waals surface area contributed by atoms with Gasteiger partial charge in [-0.2, -0.15) is 0 Å². The summed E-state index contributed by atoms with van der Waals surface area (Å²) in [5, 5.41) is 6.57. The Hall–Kier alpha value is -1.33. The number of carbonyl (C=O) groups excluding carboxylic acids is 1. The Morgan fingerprint density at radius 2 is 2.44 bits per heavy atom. The molecule has 84 valence electrons. The zero-order valence-electron chi connectivity index (χ0n) is 8.53. The van der Waals surface area contributed by atoms with E-state index in [-0.39, 0.29) is 11.9 Å². The van der Waals surface area contributed by atoms with Crippen LogP contribution >= 0.6 is 11.6 Å². The van der Waals surface area contributed by atoms with E-state index in [1.807, 2.05) is 4.90 Å². The lowest BCUT2D eigenvalue weighted by Crippen LogP contribution is -2.59. The van der Waals surface area contributed by atoms with Gasteiger partial charge in [-0.3, -0.25) is 4.79 Å². The van der Waals surface area contributed by atoms with Crippen LogP contribution in [0.5, 0.6) is 0 Å². The lowest BCUT2D eigenvalue weighted by molar-refractivity contribution is -0.117. The summed E-state index contributed by atoms with van der Waals surface area (Å²) in [6.45, 7) is 2.32. The van der Waals surface area contributed by atoms with Crippen molar-refractivity contribution >= 4 is 29.0 Å². The second-order valence-corrected chi connectivity index (χ2v) is 4.36. The maximum Gasteiger partial charge on any atom is 0.248 e. The number of fused-ring (bicyclic) bond motifs is 3. The van der Waals surface area contributed by atoms with Crippen molar-refractivity contribution in [3.05, 3.63) is 17.3 Å². The molecule has 16 heavy (non-hydrogen) atoms. The maximum absolute atomic E-state index is 11.8. The first kappa shape index (κ1) is 9.86. The van der Waals surface area contributed by atoms with Crippen molar-refractivity contribution in [2.45, 2.75) is 6.04 Å². The number of pyridine rings is 1. The molecule has 2 N–H and O–H groups in total. The molecule has 0 spiro atoms. The molecule has 1 atom stereocenters. The van der Waals surface area contributed by atoms with E-state index in [0.29, 0.717) is 17.3 Å². The van der Waals surface area contributed by atoms with E-state index in [1.54, 1.807) is 12.3 Å². The molecule has 2 aliphatic heterocycles. The molecular weight excluding hydrogens is 228 g/mol. The van der Waals surface area contributed by atoms with Crippen LogP contribution in [0.1, 0.15) is 0 Å². The molecule has 1 unspecified atom stereocenters. The smallest absolute Gasteiger partial charge is 0.248 e. The number of piperazine rings is 1. The molecule has 6 heteroatoms. The number of nitrogens with zero attached hydrogens (tertiary/aromatic N) is 2. The zero-order valence-corrected chi connectivity index (χ0v) is 9.29. The molecule has 0 aromatic carbocycles. The van der Waals surface area contributed by atoms with Crippen LogP contribution in [0.4, 0.5) is 11.5 Å². The molecule has 1 aromatic heterocycles. The highest BCUT2D eigenvalue weighted by atomic mass is 35.5. The van der Waals surface area contributed by atoms with Crippen LogP contribution in [0.25, 0.3) is 0 Å². The van der Waals surface area contributed by atoms with Gasteiger partial charge in [-0.1, -0.05) is 11.6 Å². The summed E-state index contributed by atoms with van der Waals surface area (Å²) in [5.74, 6) is 0.819. The number of aromatic nitrogens is 1. The molecule has 0 saturated carbocycles. The first-order chi connectivity index (χ1) is 7.75. The van der Waals surface area contributed by atoms with Gasteiger partial charge in [0.05, 0.1) is 10.7 Å². The molecule has 3 heterocycles. The van der Waals surface area contributed by atoms with E-state index in [2.05, 4.69) is 15.6 Å². The minimum atomic E-state index is -0.157. The van der Waals surface area contributed by atoms with E-state index in [4.69, 9.17) is 11.6 Å². The molecule has 1 aromatic rings. The number of hydrogen-bond donors (Lipinski definition) is 2. The molecule has 2 aliphatic rings. The first-order valence-electron chi connectivity index (χ1n) is 5.19. The van der Waals surface area contributed by atoms with E-state index in [1.165, 1.54) is 0 Å². The summed E-state index contributed by atoms with van der Waals surface area (Å²) in [6.07, 6.45) is 1.61. The van der Waals surface area contributed by atoms with Crippen LogP contribution in [0.2, 0.25) is 5.02 Å². The SMILES string of the molecule is O=C1Nc2cc(Cl)cnc2N2CCNCC12. The van der Waals surface area contributed by atoms with E-state index >= 15 is 0 Å². The average molecular weight is 239 g/mol. The van der Waals surface area contributed by atoms with Gasteiger partial charge in [-0.15, -0.1) is 0 Å². The fraction of sp³-hybridized carbons (Fsp3) is 0.400. The summed E-state index contributed by atoms with van der Waals surface area (Å²) in [4.78, 5) is 18.2. The molecule has 1 amide bonds. The molecule has 0 bridgehead atoms. The molecule has 5 nitrogen and oxygen atoms in total. The highest BCUT2D eigenvalue weighted by Gasteiger charge is 2.35. The van der Waals surface area contributed by atoms with E-state index in [9.17, 15) is 4.79 Å². The summed E-state index contributed by atoms with van der Waals surface area (Å²) in [6, 6.07) is 1.58. The van der Waals surface area contributed by atoms with Crippen molar-refractivity contribution in [3.63, 3.8) is 0 Å². The fourth-order valence-corrected chi connectivity index (χ4v) is 2.32. The lowest BCUT2D eigenvalue weighted by atomic mass is 10.1. The molecule has 0 radical (unpaired) electrons. The monoisotopic (exact) mass is 238 g/mol. The Bertz CT molecular complexity index is 450. The Morgan fingerprint density at radius 1 is 1.56 bits per heavy atom. The number of anilines is 2. The number of carbonyl (C=O) groups is 1. The molecule has 1 saturated heterocycles. The van der Waals surface area contributed by atoms with Gasteiger partial charge in [0.15, 0.2) is 5.82 Å². The van der Waals surface area contributed by atoms with Crippen LogP contribution < -0.4 is 15.5 Å². The normalized spacial score (nSPS) is 23.4. The molecule has 3 rings (SSSR count).